The van der Waals surface area contributed by atoms with Crippen molar-refractivity contribution in [3.8, 4) is 11.5 Å². The Balaban J connectivity index is 2.23. The molecular weight excluding hydrogens is 276 g/mol. The van der Waals surface area contributed by atoms with Crippen molar-refractivity contribution in [2.75, 3.05) is 0 Å². The van der Waals surface area contributed by atoms with E-state index in [4.69, 9.17) is 9.29 Å². The van der Waals surface area contributed by atoms with Crippen LogP contribution in [0.3, 0.4) is 0 Å². The predicted molar refractivity (Wildman–Crippen MR) is 77.7 cm³/mol. The van der Waals surface area contributed by atoms with Gasteiger partial charge in [-0.15, -0.1) is 0 Å². The van der Waals surface area contributed by atoms with Crippen molar-refractivity contribution in [2.24, 2.45) is 0 Å². The highest BCUT2D eigenvalue weighted by Crippen LogP contribution is 2.26. The topological polar surface area (TPSA) is 63.6 Å². The summed E-state index contributed by atoms with van der Waals surface area (Å²) in [6.45, 7) is 1.47. The molecule has 0 saturated heterocycles. The fraction of sp³-hybridized carbons (Fsp3) is 0.200. The lowest BCUT2D eigenvalue weighted by atomic mass is 10.1. The molecule has 2 rings (SSSR count). The average molecular weight is 292 g/mol. The first-order chi connectivity index (χ1) is 9.47. The first-order valence-electron chi connectivity index (χ1n) is 6.24. The van der Waals surface area contributed by atoms with Gasteiger partial charge in [-0.2, -0.15) is 8.42 Å². The third-order valence-corrected chi connectivity index (χ3v) is 4.14. The van der Waals surface area contributed by atoms with Gasteiger partial charge in [-0.3, -0.25) is 4.55 Å². The molecule has 0 spiro atoms. The van der Waals surface area contributed by atoms with E-state index in [0.29, 0.717) is 11.5 Å². The number of para-hydroxylation sites is 2. The molecule has 0 aliphatic heterocycles. The molecular formula is C15H16O4S. The Bertz CT molecular complexity index is 665. The molecule has 2 aromatic carbocycles. The van der Waals surface area contributed by atoms with Gasteiger partial charge < -0.3 is 4.74 Å². The van der Waals surface area contributed by atoms with Crippen LogP contribution >= 0.6 is 0 Å². The maximum absolute atomic E-state index is 11.1. The number of hydrogen-bond acceptors (Lipinski definition) is 3. The first kappa shape index (κ1) is 14.6. The van der Waals surface area contributed by atoms with Crippen LogP contribution in [-0.2, 0) is 16.5 Å². The Hall–Kier alpha value is -1.85. The number of hydrogen-bond donors (Lipinski definition) is 1. The van der Waals surface area contributed by atoms with Gasteiger partial charge >= 0.3 is 0 Å². The third kappa shape index (κ3) is 3.82. The van der Waals surface area contributed by atoms with Crippen LogP contribution in [-0.4, -0.2) is 18.2 Å². The lowest BCUT2D eigenvalue weighted by molar-refractivity contribution is 0.463. The van der Waals surface area contributed by atoms with Crippen molar-refractivity contribution in [3.63, 3.8) is 0 Å². The molecule has 0 saturated carbocycles. The van der Waals surface area contributed by atoms with Crippen molar-refractivity contribution in [2.45, 2.75) is 18.6 Å². The van der Waals surface area contributed by atoms with E-state index in [9.17, 15) is 8.42 Å². The van der Waals surface area contributed by atoms with Gasteiger partial charge in [0.1, 0.15) is 11.5 Å². The molecule has 1 atom stereocenters. The summed E-state index contributed by atoms with van der Waals surface area (Å²) in [4.78, 5) is 0. The molecule has 1 unspecified atom stereocenters. The van der Waals surface area contributed by atoms with E-state index >= 15 is 0 Å². The SMILES string of the molecule is CC(Cc1ccccc1Oc1ccccc1)S(=O)(=O)O. The van der Waals surface area contributed by atoms with Crippen LogP contribution in [0.1, 0.15) is 12.5 Å². The lowest BCUT2D eigenvalue weighted by Gasteiger charge is -2.13. The smallest absolute Gasteiger partial charge is 0.267 e. The molecule has 106 valence electrons. The van der Waals surface area contributed by atoms with Crippen LogP contribution in [0.5, 0.6) is 11.5 Å². The quantitative estimate of drug-likeness (QED) is 0.859. The second kappa shape index (κ2) is 6.07. The van der Waals surface area contributed by atoms with Crippen molar-refractivity contribution < 1.29 is 17.7 Å². The normalized spacial score (nSPS) is 12.9. The van der Waals surface area contributed by atoms with Crippen LogP contribution in [0.25, 0.3) is 0 Å². The van der Waals surface area contributed by atoms with Crippen LogP contribution in [0.15, 0.2) is 54.6 Å². The number of rotatable bonds is 5. The van der Waals surface area contributed by atoms with E-state index in [-0.39, 0.29) is 6.42 Å². The zero-order valence-corrected chi connectivity index (χ0v) is 11.9. The minimum atomic E-state index is -4.05. The van der Waals surface area contributed by atoms with E-state index in [1.807, 2.05) is 42.5 Å². The van der Waals surface area contributed by atoms with Crippen molar-refractivity contribution in [1.29, 1.82) is 0 Å². The first-order valence-corrected chi connectivity index (χ1v) is 7.74. The van der Waals surface area contributed by atoms with E-state index in [1.54, 1.807) is 12.1 Å². The molecule has 0 fully saturated rings. The van der Waals surface area contributed by atoms with Crippen LogP contribution in [0, 0.1) is 0 Å². The van der Waals surface area contributed by atoms with E-state index in [0.717, 1.165) is 5.56 Å². The monoisotopic (exact) mass is 292 g/mol. The summed E-state index contributed by atoms with van der Waals surface area (Å²) in [6.07, 6.45) is 0.196. The van der Waals surface area contributed by atoms with Gasteiger partial charge in [-0.25, -0.2) is 0 Å². The van der Waals surface area contributed by atoms with Crippen LogP contribution in [0.2, 0.25) is 0 Å². The lowest BCUT2D eigenvalue weighted by Crippen LogP contribution is -2.19. The molecule has 2 aromatic rings. The highest BCUT2D eigenvalue weighted by atomic mass is 32.2. The summed E-state index contributed by atoms with van der Waals surface area (Å²) >= 11 is 0. The second-order valence-corrected chi connectivity index (χ2v) is 6.39. The molecule has 0 bridgehead atoms. The Kier molecular flexibility index (Phi) is 4.42. The molecule has 0 aromatic heterocycles. The number of benzene rings is 2. The van der Waals surface area contributed by atoms with Gasteiger partial charge in [0, 0.05) is 0 Å². The molecule has 0 aliphatic carbocycles. The largest absolute Gasteiger partial charge is 0.457 e. The maximum Gasteiger partial charge on any atom is 0.267 e. The Morgan fingerprint density at radius 2 is 1.65 bits per heavy atom. The fourth-order valence-corrected chi connectivity index (χ4v) is 2.19. The van der Waals surface area contributed by atoms with E-state index < -0.39 is 15.4 Å². The molecule has 0 aliphatic rings. The summed E-state index contributed by atoms with van der Waals surface area (Å²) in [5.74, 6) is 1.27. The average Bonchev–Trinajstić information content (AvgIpc) is 2.41. The van der Waals surface area contributed by atoms with Gasteiger partial charge in [0.25, 0.3) is 10.1 Å². The van der Waals surface area contributed by atoms with E-state index in [1.165, 1.54) is 6.92 Å². The van der Waals surface area contributed by atoms with E-state index in [2.05, 4.69) is 0 Å². The number of ether oxygens (including phenoxy) is 1. The fourth-order valence-electron chi connectivity index (χ4n) is 1.80. The third-order valence-electron chi connectivity index (χ3n) is 2.96. The zero-order chi connectivity index (χ0) is 14.6. The minimum Gasteiger partial charge on any atom is -0.457 e. The molecule has 0 radical (unpaired) electrons. The summed E-state index contributed by atoms with van der Waals surface area (Å²) in [7, 11) is -4.05. The van der Waals surface area contributed by atoms with Gasteiger partial charge in [0.2, 0.25) is 0 Å². The minimum absolute atomic E-state index is 0.196. The Morgan fingerprint density at radius 3 is 2.30 bits per heavy atom. The summed E-state index contributed by atoms with van der Waals surface area (Å²) < 4.78 is 37.0. The Morgan fingerprint density at radius 1 is 1.05 bits per heavy atom. The highest BCUT2D eigenvalue weighted by Gasteiger charge is 2.19. The van der Waals surface area contributed by atoms with Gasteiger partial charge in [-0.1, -0.05) is 36.4 Å². The van der Waals surface area contributed by atoms with Crippen molar-refractivity contribution in [3.05, 3.63) is 60.2 Å². The van der Waals surface area contributed by atoms with Crippen molar-refractivity contribution >= 4 is 10.1 Å². The highest BCUT2D eigenvalue weighted by molar-refractivity contribution is 7.86. The maximum atomic E-state index is 11.1. The van der Waals surface area contributed by atoms with Crippen LogP contribution < -0.4 is 4.74 Å². The summed E-state index contributed by atoms with van der Waals surface area (Å²) in [5.41, 5.74) is 0.737. The standard InChI is InChI=1S/C15H16O4S/c1-12(20(16,17)18)11-13-7-5-6-10-15(13)19-14-8-3-2-4-9-14/h2-10,12H,11H2,1H3,(H,16,17,18). The van der Waals surface area contributed by atoms with Crippen LogP contribution in [0.4, 0.5) is 0 Å². The van der Waals surface area contributed by atoms with Crippen molar-refractivity contribution in [1.82, 2.24) is 0 Å². The second-order valence-electron chi connectivity index (χ2n) is 4.55. The molecule has 20 heavy (non-hydrogen) atoms. The molecule has 5 heteroatoms. The summed E-state index contributed by atoms with van der Waals surface area (Å²) in [5, 5.41) is -0.872. The molecule has 1 N–H and O–H groups in total. The zero-order valence-electron chi connectivity index (χ0n) is 11.1. The Labute approximate surface area is 118 Å². The van der Waals surface area contributed by atoms with Gasteiger partial charge in [0.05, 0.1) is 5.25 Å². The summed E-state index contributed by atoms with van der Waals surface area (Å²) in [6, 6.07) is 16.4. The predicted octanol–water partition coefficient (Wildman–Crippen LogP) is 3.30. The molecule has 4 nitrogen and oxygen atoms in total. The van der Waals surface area contributed by atoms with Gasteiger partial charge in [-0.05, 0) is 37.1 Å². The molecule has 0 amide bonds. The van der Waals surface area contributed by atoms with Gasteiger partial charge in [0.15, 0.2) is 0 Å². The molecule has 0 heterocycles.